The van der Waals surface area contributed by atoms with Gasteiger partial charge in [-0.2, -0.15) is 4.98 Å². The monoisotopic (exact) mass is 288 g/mol. The first-order valence-electron chi connectivity index (χ1n) is 5.61. The minimum atomic E-state index is -0.738. The van der Waals surface area contributed by atoms with Crippen LogP contribution in [0.25, 0.3) is 0 Å². The van der Waals surface area contributed by atoms with E-state index in [1.807, 2.05) is 13.8 Å². The summed E-state index contributed by atoms with van der Waals surface area (Å²) in [4.78, 5) is 18.9. The number of anilines is 2. The Morgan fingerprint density at radius 2 is 2.00 bits per heavy atom. The second-order valence-electron chi connectivity index (χ2n) is 4.27. The van der Waals surface area contributed by atoms with Crippen molar-refractivity contribution >= 4 is 29.3 Å². The van der Waals surface area contributed by atoms with Crippen molar-refractivity contribution in [3.63, 3.8) is 0 Å². The molecular weight excluding hydrogens is 272 g/mol. The number of nitrogen functional groups attached to an aromatic ring is 2. The number of ether oxygens (including phenoxy) is 1. The van der Waals surface area contributed by atoms with Crippen molar-refractivity contribution in [2.45, 2.75) is 19.9 Å². The molecule has 1 heterocycles. The summed E-state index contributed by atoms with van der Waals surface area (Å²) in [5.41, 5.74) is 16.7. The number of nitrogens with two attached hydrogens (primary N) is 3. The predicted octanol–water partition coefficient (Wildman–Crippen LogP) is 0.366. The number of hydrogen-bond acceptors (Lipinski definition) is 7. The van der Waals surface area contributed by atoms with E-state index in [9.17, 15) is 4.79 Å². The number of rotatable bonds is 4. The SMILES string of the molecule is CC(C)[C@H](N)CNC(=O)Oc1nc(Cl)c(N)nc1N. The highest BCUT2D eigenvalue weighted by molar-refractivity contribution is 6.31. The highest BCUT2D eigenvalue weighted by Gasteiger charge is 2.15. The lowest BCUT2D eigenvalue weighted by molar-refractivity contribution is 0.197. The van der Waals surface area contributed by atoms with Gasteiger partial charge in [-0.25, -0.2) is 9.78 Å². The Balaban J connectivity index is 2.60. The Kier molecular flexibility index (Phi) is 5.13. The molecular formula is C10H17ClN6O2. The van der Waals surface area contributed by atoms with Gasteiger partial charge in [0.15, 0.2) is 16.8 Å². The first-order chi connectivity index (χ1) is 8.81. The third-order valence-electron chi connectivity index (χ3n) is 2.40. The number of carbonyl (C=O) groups excluding carboxylic acids is 1. The smallest absolute Gasteiger partial charge is 0.387 e. The number of halogens is 1. The van der Waals surface area contributed by atoms with E-state index in [4.69, 9.17) is 33.5 Å². The van der Waals surface area contributed by atoms with Crippen molar-refractivity contribution in [1.29, 1.82) is 0 Å². The summed E-state index contributed by atoms with van der Waals surface area (Å²) in [7, 11) is 0. The summed E-state index contributed by atoms with van der Waals surface area (Å²) in [6, 6.07) is -0.175. The molecule has 0 fully saturated rings. The number of nitrogens with one attached hydrogen (secondary N) is 1. The van der Waals surface area contributed by atoms with Gasteiger partial charge < -0.3 is 27.3 Å². The van der Waals surface area contributed by atoms with Gasteiger partial charge >= 0.3 is 6.09 Å². The van der Waals surface area contributed by atoms with E-state index in [0.29, 0.717) is 0 Å². The van der Waals surface area contributed by atoms with E-state index in [1.165, 1.54) is 0 Å². The van der Waals surface area contributed by atoms with Gasteiger partial charge in [0.1, 0.15) is 0 Å². The number of carbonyl (C=O) groups is 1. The molecule has 9 heteroatoms. The molecule has 0 aliphatic heterocycles. The maximum absolute atomic E-state index is 11.5. The molecule has 0 saturated carbocycles. The van der Waals surface area contributed by atoms with Crippen LogP contribution >= 0.6 is 11.6 Å². The Hall–Kier alpha value is -1.80. The molecule has 0 spiro atoms. The van der Waals surface area contributed by atoms with Crippen LogP contribution in [0.5, 0.6) is 5.88 Å². The van der Waals surface area contributed by atoms with Crippen LogP contribution < -0.4 is 27.3 Å². The minimum Gasteiger partial charge on any atom is -0.387 e. The van der Waals surface area contributed by atoms with Crippen molar-refractivity contribution < 1.29 is 9.53 Å². The van der Waals surface area contributed by atoms with Crippen LogP contribution in [0.3, 0.4) is 0 Å². The van der Waals surface area contributed by atoms with Gasteiger partial charge in [-0.3, -0.25) is 0 Å². The fourth-order valence-electron chi connectivity index (χ4n) is 1.06. The van der Waals surface area contributed by atoms with Gasteiger partial charge in [0.25, 0.3) is 5.88 Å². The lowest BCUT2D eigenvalue weighted by Gasteiger charge is -2.15. The Labute approximate surface area is 115 Å². The van der Waals surface area contributed by atoms with Crippen molar-refractivity contribution in [2.24, 2.45) is 11.7 Å². The molecule has 0 bridgehead atoms. The minimum absolute atomic E-state index is 0.0336. The molecule has 0 aliphatic rings. The largest absolute Gasteiger partial charge is 0.414 e. The number of amides is 1. The normalized spacial score (nSPS) is 12.3. The highest BCUT2D eigenvalue weighted by atomic mass is 35.5. The summed E-state index contributed by atoms with van der Waals surface area (Å²) in [5.74, 6) is -0.120. The van der Waals surface area contributed by atoms with Crippen LogP contribution in [0, 0.1) is 5.92 Å². The molecule has 7 N–H and O–H groups in total. The zero-order chi connectivity index (χ0) is 14.6. The molecule has 1 atom stereocenters. The van der Waals surface area contributed by atoms with Crippen LogP contribution in [-0.4, -0.2) is 28.6 Å². The molecule has 1 amide bonds. The summed E-state index contributed by atoms with van der Waals surface area (Å²) in [6.07, 6.45) is -0.738. The van der Waals surface area contributed by atoms with Gasteiger partial charge in [-0.05, 0) is 5.92 Å². The molecule has 1 aromatic heterocycles. The van der Waals surface area contributed by atoms with Crippen LogP contribution in [-0.2, 0) is 0 Å². The molecule has 8 nitrogen and oxygen atoms in total. The third-order valence-corrected chi connectivity index (χ3v) is 2.68. The van der Waals surface area contributed by atoms with E-state index in [2.05, 4.69) is 15.3 Å². The number of nitrogens with zero attached hydrogens (tertiary/aromatic N) is 2. The van der Waals surface area contributed by atoms with Crippen LogP contribution in [0.4, 0.5) is 16.4 Å². The number of hydrogen-bond donors (Lipinski definition) is 4. The van der Waals surface area contributed by atoms with Crippen molar-refractivity contribution in [3.8, 4) is 5.88 Å². The average Bonchev–Trinajstić information content (AvgIpc) is 2.32. The summed E-state index contributed by atoms with van der Waals surface area (Å²) < 4.78 is 4.87. The molecule has 19 heavy (non-hydrogen) atoms. The van der Waals surface area contributed by atoms with Gasteiger partial charge in [0.2, 0.25) is 0 Å². The van der Waals surface area contributed by atoms with E-state index < -0.39 is 6.09 Å². The van der Waals surface area contributed by atoms with Gasteiger partial charge in [0, 0.05) is 12.6 Å². The molecule has 1 aromatic rings. The van der Waals surface area contributed by atoms with E-state index >= 15 is 0 Å². The highest BCUT2D eigenvalue weighted by Crippen LogP contribution is 2.22. The average molecular weight is 289 g/mol. The van der Waals surface area contributed by atoms with E-state index in [1.54, 1.807) is 0 Å². The molecule has 0 radical (unpaired) electrons. The molecule has 1 rings (SSSR count). The maximum atomic E-state index is 11.5. The maximum Gasteiger partial charge on any atom is 0.414 e. The molecule has 0 saturated heterocycles. The predicted molar refractivity (Wildman–Crippen MR) is 72.7 cm³/mol. The Morgan fingerprint density at radius 1 is 1.37 bits per heavy atom. The third kappa shape index (κ3) is 4.42. The van der Waals surface area contributed by atoms with Gasteiger partial charge in [0.05, 0.1) is 0 Å². The second kappa shape index (κ2) is 6.39. The second-order valence-corrected chi connectivity index (χ2v) is 4.63. The van der Waals surface area contributed by atoms with Crippen LogP contribution in [0.15, 0.2) is 0 Å². The van der Waals surface area contributed by atoms with E-state index in [0.717, 1.165) is 0 Å². The van der Waals surface area contributed by atoms with Gasteiger partial charge in [-0.1, -0.05) is 25.4 Å². The quantitative estimate of drug-likeness (QED) is 0.626. The molecule has 0 aliphatic carbocycles. The van der Waals surface area contributed by atoms with Crippen LogP contribution in [0.1, 0.15) is 13.8 Å². The Morgan fingerprint density at radius 3 is 2.58 bits per heavy atom. The lowest BCUT2D eigenvalue weighted by atomic mass is 10.1. The van der Waals surface area contributed by atoms with Crippen molar-refractivity contribution in [2.75, 3.05) is 18.0 Å². The zero-order valence-corrected chi connectivity index (χ0v) is 11.4. The molecule has 106 valence electrons. The summed E-state index contributed by atoms with van der Waals surface area (Å²) >= 11 is 5.65. The first kappa shape index (κ1) is 15.3. The summed E-state index contributed by atoms with van der Waals surface area (Å²) in [5, 5.41) is 2.40. The molecule has 0 unspecified atom stereocenters. The topological polar surface area (TPSA) is 142 Å². The fourth-order valence-corrected chi connectivity index (χ4v) is 1.18. The van der Waals surface area contributed by atoms with Crippen molar-refractivity contribution in [1.82, 2.24) is 15.3 Å². The standard InChI is InChI=1S/C10H17ClN6O2/c1-4(2)5(12)3-15-10(18)19-9-8(14)17-7(13)6(11)16-9/h4-5H,3,12H2,1-2H3,(H,15,18)(H4,13,14,17)/t5-/m1/s1. The zero-order valence-electron chi connectivity index (χ0n) is 10.7. The number of aromatic nitrogens is 2. The van der Waals surface area contributed by atoms with Crippen LogP contribution in [0.2, 0.25) is 5.15 Å². The Bertz CT molecular complexity index is 468. The fraction of sp³-hybridized carbons (Fsp3) is 0.500. The van der Waals surface area contributed by atoms with Gasteiger partial charge in [-0.15, -0.1) is 0 Å². The summed E-state index contributed by atoms with van der Waals surface area (Å²) in [6.45, 7) is 4.16. The van der Waals surface area contributed by atoms with Crippen molar-refractivity contribution in [3.05, 3.63) is 5.15 Å². The first-order valence-corrected chi connectivity index (χ1v) is 5.98. The molecule has 0 aromatic carbocycles. The van der Waals surface area contributed by atoms with E-state index in [-0.39, 0.29) is 41.2 Å². The lowest BCUT2D eigenvalue weighted by Crippen LogP contribution is -2.41.